The lowest BCUT2D eigenvalue weighted by atomic mass is 10.0. The Balaban J connectivity index is 1.44. The van der Waals surface area contributed by atoms with Crippen LogP contribution in [-0.2, 0) is 0 Å². The Morgan fingerprint density at radius 3 is 1.07 bits per heavy atom. The second-order valence-corrected chi connectivity index (χ2v) is 6.67. The summed E-state index contributed by atoms with van der Waals surface area (Å²) in [6.45, 7) is 0. The van der Waals surface area contributed by atoms with Crippen LogP contribution in [0.25, 0.3) is 0 Å². The van der Waals surface area contributed by atoms with Crippen LogP contribution in [0.3, 0.4) is 0 Å². The molecule has 0 radical (unpaired) electrons. The van der Waals surface area contributed by atoms with Crippen LogP contribution in [0, 0.1) is 0 Å². The Morgan fingerprint density at radius 1 is 0.414 bits per heavy atom. The average molecular weight is 377 g/mol. The second-order valence-electron chi connectivity index (χ2n) is 6.67. The fraction of sp³-hybridized carbons (Fsp3) is 0. The van der Waals surface area contributed by atoms with Gasteiger partial charge in [0.15, 0.2) is 11.6 Å². The molecule has 3 heteroatoms. The number of benzene rings is 4. The highest BCUT2D eigenvalue weighted by atomic mass is 16.1. The lowest BCUT2D eigenvalue weighted by Gasteiger charge is -2.08. The quantitative estimate of drug-likeness (QED) is 0.426. The Kier molecular flexibility index (Phi) is 5.30. The lowest BCUT2D eigenvalue weighted by molar-refractivity contribution is 0.103. The normalized spacial score (nSPS) is 10.3. The van der Waals surface area contributed by atoms with Gasteiger partial charge in [-0.25, -0.2) is 0 Å². The third-order valence-electron chi connectivity index (χ3n) is 4.65. The third kappa shape index (κ3) is 4.30. The predicted molar refractivity (Wildman–Crippen MR) is 116 cm³/mol. The molecule has 0 saturated heterocycles. The Morgan fingerprint density at radius 2 is 0.724 bits per heavy atom. The second kappa shape index (κ2) is 8.36. The molecule has 0 aliphatic carbocycles. The van der Waals surface area contributed by atoms with Gasteiger partial charge in [-0.15, -0.1) is 0 Å². The molecule has 0 bridgehead atoms. The van der Waals surface area contributed by atoms with E-state index in [9.17, 15) is 9.59 Å². The molecule has 0 saturated carbocycles. The largest absolute Gasteiger partial charge is 0.356 e. The van der Waals surface area contributed by atoms with E-state index in [0.29, 0.717) is 22.3 Å². The number of carbonyl (C=O) groups is 2. The number of carbonyl (C=O) groups excluding carboxylic acids is 2. The van der Waals surface area contributed by atoms with Crippen molar-refractivity contribution in [1.29, 1.82) is 0 Å². The van der Waals surface area contributed by atoms with E-state index in [1.165, 1.54) is 0 Å². The van der Waals surface area contributed by atoms with Crippen LogP contribution in [0.4, 0.5) is 11.4 Å². The zero-order valence-electron chi connectivity index (χ0n) is 15.7. The summed E-state index contributed by atoms with van der Waals surface area (Å²) in [5.74, 6) is 0.00172. The minimum atomic E-state index is 0.000859. The molecule has 0 amide bonds. The summed E-state index contributed by atoms with van der Waals surface area (Å²) >= 11 is 0. The number of hydrogen-bond donors (Lipinski definition) is 1. The minimum Gasteiger partial charge on any atom is -0.356 e. The van der Waals surface area contributed by atoms with E-state index in [-0.39, 0.29) is 11.6 Å². The van der Waals surface area contributed by atoms with Gasteiger partial charge >= 0.3 is 0 Å². The summed E-state index contributed by atoms with van der Waals surface area (Å²) in [7, 11) is 0. The Hall–Kier alpha value is -3.98. The number of nitrogens with one attached hydrogen (secondary N) is 1. The van der Waals surface area contributed by atoms with Crippen molar-refractivity contribution in [1.82, 2.24) is 0 Å². The molecule has 4 aromatic carbocycles. The molecular weight excluding hydrogens is 358 g/mol. The molecule has 0 fully saturated rings. The van der Waals surface area contributed by atoms with Crippen molar-refractivity contribution in [3.8, 4) is 0 Å². The molecule has 0 heterocycles. The summed E-state index contributed by atoms with van der Waals surface area (Å²) in [6, 6.07) is 33.2. The fourth-order valence-corrected chi connectivity index (χ4v) is 3.09. The molecule has 3 nitrogen and oxygen atoms in total. The molecule has 0 spiro atoms. The first-order chi connectivity index (χ1) is 14.2. The third-order valence-corrected chi connectivity index (χ3v) is 4.65. The standard InChI is InChI=1S/C26H19NO2/c28-25(19-7-3-1-4-8-19)21-11-15-23(16-12-21)27-24-17-13-22(14-18-24)26(29)20-9-5-2-6-10-20/h1-18,27H. The molecule has 0 aliphatic rings. The molecule has 1 N–H and O–H groups in total. The molecule has 0 aliphatic heterocycles. The van der Waals surface area contributed by atoms with E-state index < -0.39 is 0 Å². The first-order valence-electron chi connectivity index (χ1n) is 9.37. The van der Waals surface area contributed by atoms with Gasteiger partial charge in [0.2, 0.25) is 0 Å². The molecule has 0 atom stereocenters. The van der Waals surface area contributed by atoms with Gasteiger partial charge in [-0.05, 0) is 48.5 Å². The van der Waals surface area contributed by atoms with Crippen molar-refractivity contribution >= 4 is 22.9 Å². The van der Waals surface area contributed by atoms with Gasteiger partial charge in [0.1, 0.15) is 0 Å². The molecule has 140 valence electrons. The van der Waals surface area contributed by atoms with E-state index in [0.717, 1.165) is 11.4 Å². The zero-order valence-corrected chi connectivity index (χ0v) is 15.7. The smallest absolute Gasteiger partial charge is 0.193 e. The molecule has 4 rings (SSSR count). The van der Waals surface area contributed by atoms with Crippen LogP contribution in [0.2, 0.25) is 0 Å². The van der Waals surface area contributed by atoms with E-state index in [1.54, 1.807) is 0 Å². The molecule has 0 aromatic heterocycles. The first-order valence-corrected chi connectivity index (χ1v) is 9.37. The number of ketones is 2. The lowest BCUT2D eigenvalue weighted by Crippen LogP contribution is -2.02. The van der Waals surface area contributed by atoms with Gasteiger partial charge in [0.25, 0.3) is 0 Å². The Labute approximate surface area is 169 Å². The summed E-state index contributed by atoms with van der Waals surface area (Å²) < 4.78 is 0. The summed E-state index contributed by atoms with van der Waals surface area (Å²) in [5.41, 5.74) is 4.38. The number of rotatable bonds is 6. The van der Waals surface area contributed by atoms with E-state index in [2.05, 4.69) is 5.32 Å². The fourth-order valence-electron chi connectivity index (χ4n) is 3.09. The highest BCUT2D eigenvalue weighted by Crippen LogP contribution is 2.20. The highest BCUT2D eigenvalue weighted by molar-refractivity contribution is 6.09. The predicted octanol–water partition coefficient (Wildman–Crippen LogP) is 5.89. The van der Waals surface area contributed by atoms with Crippen LogP contribution in [0.1, 0.15) is 31.8 Å². The van der Waals surface area contributed by atoms with Crippen molar-refractivity contribution in [2.45, 2.75) is 0 Å². The van der Waals surface area contributed by atoms with Gasteiger partial charge in [-0.3, -0.25) is 9.59 Å². The summed E-state index contributed by atoms with van der Waals surface area (Å²) in [6.07, 6.45) is 0. The SMILES string of the molecule is O=C(c1ccccc1)c1ccc(Nc2ccc(C(=O)c3ccccc3)cc2)cc1. The minimum absolute atomic E-state index is 0.000859. The highest BCUT2D eigenvalue weighted by Gasteiger charge is 2.09. The van der Waals surface area contributed by atoms with E-state index in [1.807, 2.05) is 109 Å². The van der Waals surface area contributed by atoms with Gasteiger partial charge in [-0.2, -0.15) is 0 Å². The van der Waals surface area contributed by atoms with Crippen LogP contribution in [0.5, 0.6) is 0 Å². The number of anilines is 2. The van der Waals surface area contributed by atoms with Crippen LogP contribution in [0.15, 0.2) is 109 Å². The van der Waals surface area contributed by atoms with Crippen molar-refractivity contribution in [2.24, 2.45) is 0 Å². The average Bonchev–Trinajstić information content (AvgIpc) is 2.80. The maximum absolute atomic E-state index is 12.5. The number of hydrogen-bond acceptors (Lipinski definition) is 3. The van der Waals surface area contributed by atoms with Gasteiger partial charge in [-0.1, -0.05) is 60.7 Å². The van der Waals surface area contributed by atoms with Crippen LogP contribution in [-0.4, -0.2) is 11.6 Å². The molecule has 29 heavy (non-hydrogen) atoms. The topological polar surface area (TPSA) is 46.2 Å². The maximum atomic E-state index is 12.5. The summed E-state index contributed by atoms with van der Waals surface area (Å²) in [5, 5.41) is 3.29. The molecular formula is C26H19NO2. The summed E-state index contributed by atoms with van der Waals surface area (Å²) in [4.78, 5) is 25.0. The zero-order chi connectivity index (χ0) is 20.1. The maximum Gasteiger partial charge on any atom is 0.193 e. The Bertz CT molecular complexity index is 1020. The van der Waals surface area contributed by atoms with Crippen LogP contribution < -0.4 is 5.32 Å². The van der Waals surface area contributed by atoms with Crippen molar-refractivity contribution < 1.29 is 9.59 Å². The van der Waals surface area contributed by atoms with Crippen molar-refractivity contribution in [2.75, 3.05) is 5.32 Å². The van der Waals surface area contributed by atoms with Crippen molar-refractivity contribution in [3.63, 3.8) is 0 Å². The molecule has 4 aromatic rings. The van der Waals surface area contributed by atoms with Gasteiger partial charge in [0.05, 0.1) is 0 Å². The monoisotopic (exact) mass is 377 g/mol. The molecule has 0 unspecified atom stereocenters. The van der Waals surface area contributed by atoms with Gasteiger partial charge < -0.3 is 5.32 Å². The first kappa shape index (κ1) is 18.4. The van der Waals surface area contributed by atoms with Gasteiger partial charge in [0, 0.05) is 33.6 Å². The van der Waals surface area contributed by atoms with E-state index in [4.69, 9.17) is 0 Å². The van der Waals surface area contributed by atoms with Crippen LogP contribution >= 0.6 is 0 Å². The van der Waals surface area contributed by atoms with Crippen molar-refractivity contribution in [3.05, 3.63) is 131 Å². The van der Waals surface area contributed by atoms with E-state index >= 15 is 0 Å².